The van der Waals surface area contributed by atoms with Gasteiger partial charge in [-0.25, -0.2) is 4.99 Å². The summed E-state index contributed by atoms with van der Waals surface area (Å²) in [5.41, 5.74) is 2.00. The van der Waals surface area contributed by atoms with Gasteiger partial charge >= 0.3 is 0 Å². The number of non-ortho nitro benzene ring substituents is 1. The van der Waals surface area contributed by atoms with Crippen molar-refractivity contribution >= 4 is 29.0 Å². The van der Waals surface area contributed by atoms with Crippen LogP contribution in [0.1, 0.15) is 40.0 Å². The van der Waals surface area contributed by atoms with Crippen LogP contribution in [0.5, 0.6) is 0 Å². The first kappa shape index (κ1) is 23.1. The van der Waals surface area contributed by atoms with E-state index in [1.807, 2.05) is 43.3 Å². The van der Waals surface area contributed by atoms with E-state index in [9.17, 15) is 25.0 Å². The molecule has 0 fully saturated rings. The molecule has 0 radical (unpaired) electrons. The number of amidine groups is 1. The molecule has 35 heavy (non-hydrogen) atoms. The molecule has 1 aliphatic rings. The van der Waals surface area contributed by atoms with Gasteiger partial charge in [-0.2, -0.15) is 5.26 Å². The van der Waals surface area contributed by atoms with Crippen LogP contribution in [-0.2, 0) is 4.79 Å². The monoisotopic (exact) mass is 465 g/mol. The van der Waals surface area contributed by atoms with Crippen LogP contribution < -0.4 is 10.6 Å². The molecule has 0 aliphatic carbocycles. The molecule has 9 heteroatoms. The molecule has 0 saturated carbocycles. The average molecular weight is 465 g/mol. The number of aliphatic imine (C=N–C) groups is 1. The fraction of sp³-hybridized carbons (Fsp3) is 0.0769. The van der Waals surface area contributed by atoms with Crippen molar-refractivity contribution in [2.75, 3.05) is 0 Å². The second kappa shape index (κ2) is 9.80. The third-order valence-corrected chi connectivity index (χ3v) is 5.46. The summed E-state index contributed by atoms with van der Waals surface area (Å²) in [5.74, 6) is -0.939. The number of carbonyl (C=O) groups is 2. The number of amides is 2. The standard InChI is InChI=1S/C26H19N5O4/c1-16(17-7-3-2-4-8-17)28-26(33)22(15-27)23-20-9-5-6-10-21(20)24(29-23)30-25(32)18-11-13-19(14-12-18)31(34)35/h2-14,16H,1H3,(H,28,33)(H,29,30,32). The third kappa shape index (κ3) is 4.82. The summed E-state index contributed by atoms with van der Waals surface area (Å²) < 4.78 is 0. The summed E-state index contributed by atoms with van der Waals surface area (Å²) in [6.07, 6.45) is 0. The lowest BCUT2D eigenvalue weighted by molar-refractivity contribution is -0.384. The van der Waals surface area contributed by atoms with Gasteiger partial charge in [-0.1, -0.05) is 54.6 Å². The minimum absolute atomic E-state index is 0.135. The first-order chi connectivity index (χ1) is 16.9. The number of hydrogen-bond donors (Lipinski definition) is 2. The minimum Gasteiger partial charge on any atom is -0.345 e. The molecule has 1 aliphatic heterocycles. The summed E-state index contributed by atoms with van der Waals surface area (Å²) in [7, 11) is 0. The molecule has 3 aromatic carbocycles. The van der Waals surface area contributed by atoms with Gasteiger partial charge in [-0.05, 0) is 24.6 Å². The maximum absolute atomic E-state index is 13.0. The maximum Gasteiger partial charge on any atom is 0.269 e. The van der Waals surface area contributed by atoms with Crippen molar-refractivity contribution in [1.82, 2.24) is 10.6 Å². The molecule has 172 valence electrons. The second-order valence-corrected chi connectivity index (χ2v) is 7.71. The van der Waals surface area contributed by atoms with Crippen molar-refractivity contribution in [3.8, 4) is 6.07 Å². The predicted molar refractivity (Wildman–Crippen MR) is 129 cm³/mol. The molecule has 4 rings (SSSR count). The highest BCUT2D eigenvalue weighted by atomic mass is 16.6. The largest absolute Gasteiger partial charge is 0.345 e. The van der Waals surface area contributed by atoms with E-state index >= 15 is 0 Å². The van der Waals surface area contributed by atoms with E-state index < -0.39 is 16.7 Å². The molecule has 2 N–H and O–H groups in total. The van der Waals surface area contributed by atoms with E-state index in [0.29, 0.717) is 11.1 Å². The topological polar surface area (TPSA) is 137 Å². The van der Waals surface area contributed by atoms with Gasteiger partial charge in [0.1, 0.15) is 17.5 Å². The third-order valence-electron chi connectivity index (χ3n) is 5.46. The second-order valence-electron chi connectivity index (χ2n) is 7.71. The number of carbonyl (C=O) groups excluding carboxylic acids is 2. The summed E-state index contributed by atoms with van der Waals surface area (Å²) >= 11 is 0. The van der Waals surface area contributed by atoms with Crippen molar-refractivity contribution < 1.29 is 14.5 Å². The van der Waals surface area contributed by atoms with E-state index in [0.717, 1.165) is 5.56 Å². The lowest BCUT2D eigenvalue weighted by Gasteiger charge is -2.14. The quantitative estimate of drug-likeness (QED) is 0.255. The average Bonchev–Trinajstić information content (AvgIpc) is 3.23. The fourth-order valence-electron chi connectivity index (χ4n) is 3.63. The zero-order valence-corrected chi connectivity index (χ0v) is 18.6. The molecule has 1 atom stereocenters. The van der Waals surface area contributed by atoms with Crippen LogP contribution in [0.3, 0.4) is 0 Å². The van der Waals surface area contributed by atoms with Crippen LogP contribution in [0.25, 0.3) is 5.70 Å². The van der Waals surface area contributed by atoms with Crippen molar-refractivity contribution in [2.45, 2.75) is 13.0 Å². The summed E-state index contributed by atoms with van der Waals surface area (Å²) in [5, 5.41) is 26.2. The van der Waals surface area contributed by atoms with Crippen LogP contribution >= 0.6 is 0 Å². The first-order valence-electron chi connectivity index (χ1n) is 10.6. The summed E-state index contributed by atoms with van der Waals surface area (Å²) in [6.45, 7) is 1.81. The van der Waals surface area contributed by atoms with Gasteiger partial charge in [0.25, 0.3) is 17.5 Å². The Labute approximate surface area is 200 Å². The number of nitrogens with zero attached hydrogens (tertiary/aromatic N) is 3. The van der Waals surface area contributed by atoms with Gasteiger partial charge in [-0.3, -0.25) is 19.7 Å². The normalized spacial score (nSPS) is 14.1. The van der Waals surface area contributed by atoms with E-state index in [4.69, 9.17) is 0 Å². The molecule has 0 saturated heterocycles. The lowest BCUT2D eigenvalue weighted by atomic mass is 10.0. The molecule has 9 nitrogen and oxygen atoms in total. The van der Waals surface area contributed by atoms with Crippen LogP contribution in [0.15, 0.2) is 89.4 Å². The van der Waals surface area contributed by atoms with Crippen LogP contribution in [-0.4, -0.2) is 22.6 Å². The van der Waals surface area contributed by atoms with Crippen LogP contribution in [0, 0.1) is 21.4 Å². The van der Waals surface area contributed by atoms with E-state index in [1.54, 1.807) is 24.3 Å². The van der Waals surface area contributed by atoms with E-state index in [-0.39, 0.29) is 34.4 Å². The molecule has 1 heterocycles. The number of nitro groups is 1. The van der Waals surface area contributed by atoms with Crippen LogP contribution in [0.2, 0.25) is 0 Å². The van der Waals surface area contributed by atoms with Gasteiger partial charge in [-0.15, -0.1) is 0 Å². The molecule has 1 unspecified atom stereocenters. The number of nitriles is 1. The Balaban J connectivity index is 1.63. The van der Waals surface area contributed by atoms with Crippen molar-refractivity contribution in [3.05, 3.63) is 117 Å². The Kier molecular flexibility index (Phi) is 6.46. The first-order valence-corrected chi connectivity index (χ1v) is 10.6. The number of rotatable bonds is 5. The molecule has 0 spiro atoms. The maximum atomic E-state index is 13.0. The zero-order chi connectivity index (χ0) is 24.9. The number of nitrogens with one attached hydrogen (secondary N) is 2. The van der Waals surface area contributed by atoms with Gasteiger partial charge < -0.3 is 10.6 Å². The SMILES string of the molecule is CC(NC(=O)C(C#N)=C1N=C(NC(=O)c2ccc([N+](=O)[O-])cc2)c2ccccc21)c1ccccc1. The van der Waals surface area contributed by atoms with Crippen molar-refractivity contribution in [1.29, 1.82) is 5.26 Å². The molecule has 0 aromatic heterocycles. The Morgan fingerprint density at radius 3 is 2.23 bits per heavy atom. The summed E-state index contributed by atoms with van der Waals surface area (Å²) in [6, 6.07) is 23.0. The highest BCUT2D eigenvalue weighted by Gasteiger charge is 2.28. The van der Waals surface area contributed by atoms with Crippen molar-refractivity contribution in [2.24, 2.45) is 4.99 Å². The molecular weight excluding hydrogens is 446 g/mol. The predicted octanol–water partition coefficient (Wildman–Crippen LogP) is 3.90. The van der Waals surface area contributed by atoms with Gasteiger partial charge in [0.05, 0.1) is 16.7 Å². The molecular formula is C26H19N5O4. The number of nitro benzene ring substituents is 1. The molecule has 3 aromatic rings. The lowest BCUT2D eigenvalue weighted by Crippen LogP contribution is -2.30. The van der Waals surface area contributed by atoms with Gasteiger partial charge in [0.15, 0.2) is 0 Å². The number of benzene rings is 3. The van der Waals surface area contributed by atoms with E-state index in [1.165, 1.54) is 24.3 Å². The molecule has 0 bridgehead atoms. The highest BCUT2D eigenvalue weighted by Crippen LogP contribution is 2.31. The fourth-order valence-corrected chi connectivity index (χ4v) is 3.63. The highest BCUT2D eigenvalue weighted by molar-refractivity contribution is 6.20. The number of hydrogen-bond acceptors (Lipinski definition) is 6. The Bertz CT molecular complexity index is 1420. The Morgan fingerprint density at radius 2 is 1.60 bits per heavy atom. The number of fused-ring (bicyclic) bond motifs is 1. The van der Waals surface area contributed by atoms with Gasteiger partial charge in [0, 0.05) is 28.8 Å². The molecule has 2 amide bonds. The Morgan fingerprint density at radius 1 is 0.971 bits per heavy atom. The minimum atomic E-state index is -0.583. The Hall–Kier alpha value is -5.10. The summed E-state index contributed by atoms with van der Waals surface area (Å²) in [4.78, 5) is 40.5. The van der Waals surface area contributed by atoms with Crippen molar-refractivity contribution in [3.63, 3.8) is 0 Å². The van der Waals surface area contributed by atoms with E-state index in [2.05, 4.69) is 15.6 Å². The van der Waals surface area contributed by atoms with Gasteiger partial charge in [0.2, 0.25) is 0 Å². The zero-order valence-electron chi connectivity index (χ0n) is 18.6. The smallest absolute Gasteiger partial charge is 0.269 e. The van der Waals surface area contributed by atoms with Crippen LogP contribution in [0.4, 0.5) is 5.69 Å².